The van der Waals surface area contributed by atoms with Gasteiger partial charge in [-0.3, -0.25) is 10.1 Å². The van der Waals surface area contributed by atoms with Gasteiger partial charge in [-0.2, -0.15) is 5.10 Å². The normalized spacial score (nSPS) is 11.6. The third-order valence-electron chi connectivity index (χ3n) is 4.25. The molecule has 0 saturated heterocycles. The van der Waals surface area contributed by atoms with Gasteiger partial charge in [0.05, 0.1) is 43.0 Å². The first-order chi connectivity index (χ1) is 12.8. The van der Waals surface area contributed by atoms with Gasteiger partial charge in [0.15, 0.2) is 0 Å². The molecule has 0 unspecified atom stereocenters. The second-order valence-electron chi connectivity index (χ2n) is 6.01. The molecule has 0 aromatic carbocycles. The number of hydrogen-bond acceptors (Lipinski definition) is 6. The number of nitrogens with zero attached hydrogens (tertiary/aromatic N) is 7. The number of pyridine rings is 2. The Labute approximate surface area is 147 Å². The Balaban J connectivity index is 1.46. The van der Waals surface area contributed by atoms with E-state index in [1.807, 2.05) is 35.1 Å². The molecule has 0 fully saturated rings. The van der Waals surface area contributed by atoms with Crippen molar-refractivity contribution in [3.8, 4) is 11.3 Å². The molecule has 0 aliphatic rings. The summed E-state index contributed by atoms with van der Waals surface area (Å²) < 4.78 is 3.64. The quantitative estimate of drug-likeness (QED) is 0.509. The van der Waals surface area contributed by atoms with E-state index in [1.54, 1.807) is 23.3 Å². The zero-order valence-corrected chi connectivity index (χ0v) is 13.6. The molecule has 0 bridgehead atoms. The van der Waals surface area contributed by atoms with Crippen LogP contribution in [-0.4, -0.2) is 44.7 Å². The average molecular weight is 346 g/mol. The van der Waals surface area contributed by atoms with Crippen LogP contribution in [0.4, 0.5) is 0 Å². The minimum atomic E-state index is 0.00346. The van der Waals surface area contributed by atoms with Crippen LogP contribution in [0.15, 0.2) is 49.3 Å². The van der Waals surface area contributed by atoms with E-state index in [-0.39, 0.29) is 6.61 Å². The average Bonchev–Trinajstić information content (AvgIpc) is 3.39. The zero-order valence-electron chi connectivity index (χ0n) is 13.6. The highest BCUT2D eigenvalue weighted by Crippen LogP contribution is 2.24. The summed E-state index contributed by atoms with van der Waals surface area (Å²) in [4.78, 5) is 8.79. The number of imidazole rings is 1. The Morgan fingerprint density at radius 2 is 2.04 bits per heavy atom. The van der Waals surface area contributed by atoms with Crippen molar-refractivity contribution < 1.29 is 5.11 Å². The smallest absolute Gasteiger partial charge is 0.137 e. The fourth-order valence-corrected chi connectivity index (χ4v) is 2.99. The van der Waals surface area contributed by atoms with Crippen molar-refractivity contribution in [1.82, 2.24) is 39.6 Å². The Hall–Kier alpha value is -3.59. The Bertz CT molecular complexity index is 1220. The van der Waals surface area contributed by atoms with E-state index in [4.69, 9.17) is 0 Å². The highest BCUT2D eigenvalue weighted by atomic mass is 16.3. The van der Waals surface area contributed by atoms with Crippen molar-refractivity contribution >= 4 is 16.6 Å². The molecule has 5 aromatic heterocycles. The molecule has 5 rings (SSSR count). The summed E-state index contributed by atoms with van der Waals surface area (Å²) >= 11 is 0. The standard InChI is InChI=1S/C17H14N8O/c26-10-11-1-2-17-20-12(7-24(17)6-11)8-25-9-16(22-23-25)13-3-18-5-15-14(13)4-19-21-15/h1-7,9,26H,8,10H2,(H,19,21). The van der Waals surface area contributed by atoms with Gasteiger partial charge < -0.3 is 9.51 Å². The fraction of sp³-hybridized carbons (Fsp3) is 0.118. The first-order valence-corrected chi connectivity index (χ1v) is 8.05. The van der Waals surface area contributed by atoms with E-state index >= 15 is 0 Å². The molecule has 26 heavy (non-hydrogen) atoms. The van der Waals surface area contributed by atoms with Crippen molar-refractivity contribution in [1.29, 1.82) is 0 Å². The van der Waals surface area contributed by atoms with Crippen LogP contribution in [0.5, 0.6) is 0 Å². The Morgan fingerprint density at radius 3 is 2.96 bits per heavy atom. The molecule has 0 spiro atoms. The molecule has 0 saturated carbocycles. The number of hydrogen-bond donors (Lipinski definition) is 2. The van der Waals surface area contributed by atoms with Crippen LogP contribution in [0.2, 0.25) is 0 Å². The number of aliphatic hydroxyl groups is 1. The molecule has 5 aromatic rings. The van der Waals surface area contributed by atoms with Gasteiger partial charge in [-0.1, -0.05) is 11.3 Å². The summed E-state index contributed by atoms with van der Waals surface area (Å²) in [5, 5.41) is 25.6. The summed E-state index contributed by atoms with van der Waals surface area (Å²) in [6.07, 6.45) is 10.9. The van der Waals surface area contributed by atoms with Crippen LogP contribution in [0, 0.1) is 0 Å². The number of aromatic nitrogens is 8. The summed E-state index contributed by atoms with van der Waals surface area (Å²) in [7, 11) is 0. The lowest BCUT2D eigenvalue weighted by Gasteiger charge is -1.97. The fourth-order valence-electron chi connectivity index (χ4n) is 2.99. The number of aliphatic hydroxyl groups excluding tert-OH is 1. The van der Waals surface area contributed by atoms with Crippen LogP contribution in [-0.2, 0) is 13.2 Å². The second-order valence-corrected chi connectivity index (χ2v) is 6.01. The van der Waals surface area contributed by atoms with E-state index in [0.717, 1.165) is 39.1 Å². The molecule has 0 radical (unpaired) electrons. The van der Waals surface area contributed by atoms with Crippen LogP contribution in [0.25, 0.3) is 27.8 Å². The molecular formula is C17H14N8O. The first kappa shape index (κ1) is 14.7. The molecule has 0 aliphatic carbocycles. The van der Waals surface area contributed by atoms with Gasteiger partial charge in [-0.25, -0.2) is 9.67 Å². The molecule has 0 atom stereocenters. The largest absolute Gasteiger partial charge is 0.392 e. The first-order valence-electron chi connectivity index (χ1n) is 8.05. The monoisotopic (exact) mass is 346 g/mol. The lowest BCUT2D eigenvalue weighted by Crippen LogP contribution is -2.00. The lowest BCUT2D eigenvalue weighted by molar-refractivity contribution is 0.281. The maximum Gasteiger partial charge on any atom is 0.137 e. The van der Waals surface area contributed by atoms with Crippen molar-refractivity contribution in [2.24, 2.45) is 0 Å². The molecular weight excluding hydrogens is 332 g/mol. The topological polar surface area (TPSA) is 110 Å². The number of rotatable bonds is 4. The minimum absolute atomic E-state index is 0.00346. The number of aromatic amines is 1. The van der Waals surface area contributed by atoms with Gasteiger partial charge in [0.1, 0.15) is 11.3 Å². The summed E-state index contributed by atoms with van der Waals surface area (Å²) in [6.45, 7) is 0.501. The summed E-state index contributed by atoms with van der Waals surface area (Å²) in [6, 6.07) is 3.74. The Kier molecular flexibility index (Phi) is 3.25. The van der Waals surface area contributed by atoms with Gasteiger partial charge in [-0.15, -0.1) is 5.10 Å². The van der Waals surface area contributed by atoms with E-state index in [0.29, 0.717) is 6.54 Å². The van der Waals surface area contributed by atoms with E-state index in [1.165, 1.54) is 0 Å². The molecule has 5 heterocycles. The third-order valence-corrected chi connectivity index (χ3v) is 4.25. The lowest BCUT2D eigenvalue weighted by atomic mass is 10.1. The molecule has 0 aliphatic heterocycles. The Morgan fingerprint density at radius 1 is 1.08 bits per heavy atom. The molecule has 0 amide bonds. The van der Waals surface area contributed by atoms with Crippen LogP contribution >= 0.6 is 0 Å². The van der Waals surface area contributed by atoms with E-state index in [9.17, 15) is 5.11 Å². The minimum Gasteiger partial charge on any atom is -0.392 e. The summed E-state index contributed by atoms with van der Waals surface area (Å²) in [5.41, 5.74) is 4.99. The van der Waals surface area contributed by atoms with E-state index < -0.39 is 0 Å². The van der Waals surface area contributed by atoms with Gasteiger partial charge in [0.2, 0.25) is 0 Å². The maximum absolute atomic E-state index is 9.24. The van der Waals surface area contributed by atoms with Gasteiger partial charge in [0.25, 0.3) is 0 Å². The maximum atomic E-state index is 9.24. The van der Waals surface area contributed by atoms with Gasteiger partial charge >= 0.3 is 0 Å². The predicted octanol–water partition coefficient (Wildman–Crippen LogP) is 1.40. The SMILES string of the molecule is OCc1ccc2nc(Cn3cc(-c4cncc5[nH]ncc45)nn3)cn2c1. The highest BCUT2D eigenvalue weighted by Gasteiger charge is 2.11. The van der Waals surface area contributed by atoms with E-state index in [2.05, 4.69) is 30.5 Å². The molecule has 9 heteroatoms. The highest BCUT2D eigenvalue weighted by molar-refractivity contribution is 5.91. The number of H-pyrrole nitrogens is 1. The van der Waals surface area contributed by atoms with Gasteiger partial charge in [-0.05, 0) is 11.6 Å². The van der Waals surface area contributed by atoms with Crippen molar-refractivity contribution in [2.45, 2.75) is 13.2 Å². The third kappa shape index (κ3) is 2.42. The van der Waals surface area contributed by atoms with Crippen LogP contribution in [0.3, 0.4) is 0 Å². The zero-order chi connectivity index (χ0) is 17.5. The van der Waals surface area contributed by atoms with Crippen molar-refractivity contribution in [3.05, 3.63) is 60.6 Å². The van der Waals surface area contributed by atoms with Gasteiger partial charge in [0, 0.05) is 29.5 Å². The molecule has 2 N–H and O–H groups in total. The van der Waals surface area contributed by atoms with Crippen LogP contribution < -0.4 is 0 Å². The van der Waals surface area contributed by atoms with Crippen molar-refractivity contribution in [3.63, 3.8) is 0 Å². The predicted molar refractivity (Wildman–Crippen MR) is 93.1 cm³/mol. The second kappa shape index (κ2) is 5.74. The van der Waals surface area contributed by atoms with Crippen molar-refractivity contribution in [2.75, 3.05) is 0 Å². The molecule has 9 nitrogen and oxygen atoms in total. The summed E-state index contributed by atoms with van der Waals surface area (Å²) in [5.74, 6) is 0. The molecule has 128 valence electrons. The van der Waals surface area contributed by atoms with Crippen LogP contribution in [0.1, 0.15) is 11.3 Å². The number of fused-ring (bicyclic) bond motifs is 2. The number of nitrogens with one attached hydrogen (secondary N) is 1.